The molecule has 23 heavy (non-hydrogen) atoms. The van der Waals surface area contributed by atoms with Crippen molar-refractivity contribution in [3.63, 3.8) is 0 Å². The lowest BCUT2D eigenvalue weighted by atomic mass is 10.2. The third kappa shape index (κ3) is 4.52. The van der Waals surface area contributed by atoms with Crippen molar-refractivity contribution in [3.8, 4) is 0 Å². The lowest BCUT2D eigenvalue weighted by Gasteiger charge is -2.05. The Balaban J connectivity index is 1.92. The van der Waals surface area contributed by atoms with Crippen LogP contribution in [0.15, 0.2) is 6.20 Å². The van der Waals surface area contributed by atoms with Crippen LogP contribution < -0.4 is 10.0 Å². The summed E-state index contributed by atoms with van der Waals surface area (Å²) in [5, 5.41) is 14.4. The minimum atomic E-state index is -3.42. The molecule has 11 heteroatoms. The Kier molecular flexibility index (Phi) is 4.68. The highest BCUT2D eigenvalue weighted by Gasteiger charge is 2.12. The fourth-order valence-corrected chi connectivity index (χ4v) is 2.55. The van der Waals surface area contributed by atoms with Gasteiger partial charge in [-0.1, -0.05) is 5.21 Å². The standard InChI is InChI=1S/C12H19N7O3S/c1-8-10(9(2)18(3)15-8)5-13-12(20)7-19-6-11(14-17-19)16-23(4,21)22/h6,16H,5,7H2,1-4H3,(H,13,20). The van der Waals surface area contributed by atoms with Gasteiger partial charge in [-0.05, 0) is 13.8 Å². The molecule has 0 aliphatic carbocycles. The van der Waals surface area contributed by atoms with Crippen molar-refractivity contribution in [2.45, 2.75) is 26.9 Å². The van der Waals surface area contributed by atoms with Crippen LogP contribution in [0, 0.1) is 13.8 Å². The van der Waals surface area contributed by atoms with Crippen LogP contribution in [-0.4, -0.2) is 45.4 Å². The van der Waals surface area contributed by atoms with Gasteiger partial charge in [-0.2, -0.15) is 5.10 Å². The lowest BCUT2D eigenvalue weighted by Crippen LogP contribution is -2.27. The Bertz CT molecular complexity index is 822. The second kappa shape index (κ2) is 6.36. The number of nitrogens with zero attached hydrogens (tertiary/aromatic N) is 5. The van der Waals surface area contributed by atoms with Gasteiger partial charge in [0.25, 0.3) is 0 Å². The first kappa shape index (κ1) is 16.9. The number of rotatable bonds is 6. The first-order valence-corrected chi connectivity index (χ1v) is 8.68. The number of anilines is 1. The van der Waals surface area contributed by atoms with E-state index in [1.54, 1.807) is 4.68 Å². The van der Waals surface area contributed by atoms with Crippen molar-refractivity contribution >= 4 is 21.7 Å². The summed E-state index contributed by atoms with van der Waals surface area (Å²) < 4.78 is 27.4. The van der Waals surface area contributed by atoms with Crippen LogP contribution in [0.25, 0.3) is 0 Å². The molecule has 0 atom stereocenters. The molecule has 0 radical (unpaired) electrons. The van der Waals surface area contributed by atoms with E-state index in [1.807, 2.05) is 20.9 Å². The van der Waals surface area contributed by atoms with Crippen LogP contribution in [0.5, 0.6) is 0 Å². The molecule has 0 saturated carbocycles. The molecule has 2 aromatic heterocycles. The number of amides is 1. The maximum absolute atomic E-state index is 11.9. The van der Waals surface area contributed by atoms with Crippen LogP contribution in [0.2, 0.25) is 0 Å². The van der Waals surface area contributed by atoms with Crippen molar-refractivity contribution in [2.75, 3.05) is 11.0 Å². The first-order chi connectivity index (χ1) is 10.7. The Morgan fingerprint density at radius 3 is 2.61 bits per heavy atom. The maximum Gasteiger partial charge on any atom is 0.242 e. The zero-order chi connectivity index (χ0) is 17.2. The van der Waals surface area contributed by atoms with Crippen molar-refractivity contribution in [1.29, 1.82) is 0 Å². The molecule has 0 aliphatic rings. The van der Waals surface area contributed by atoms with E-state index in [1.165, 1.54) is 10.9 Å². The predicted molar refractivity (Wildman–Crippen MR) is 83.0 cm³/mol. The van der Waals surface area contributed by atoms with Gasteiger partial charge < -0.3 is 5.32 Å². The van der Waals surface area contributed by atoms with Crippen molar-refractivity contribution < 1.29 is 13.2 Å². The minimum Gasteiger partial charge on any atom is -0.350 e. The molecule has 0 fully saturated rings. The molecule has 0 unspecified atom stereocenters. The van der Waals surface area contributed by atoms with E-state index in [2.05, 4.69) is 25.4 Å². The monoisotopic (exact) mass is 341 g/mol. The predicted octanol–water partition coefficient (Wildman–Crippen LogP) is -0.684. The third-order valence-electron chi connectivity index (χ3n) is 3.26. The van der Waals surface area contributed by atoms with E-state index in [-0.39, 0.29) is 18.3 Å². The number of nitrogens with one attached hydrogen (secondary N) is 2. The molecule has 0 aromatic carbocycles. The fraction of sp³-hybridized carbons (Fsp3) is 0.500. The molecule has 0 saturated heterocycles. The maximum atomic E-state index is 11.9. The van der Waals surface area contributed by atoms with Gasteiger partial charge in [-0.3, -0.25) is 14.2 Å². The highest BCUT2D eigenvalue weighted by atomic mass is 32.2. The fourth-order valence-electron chi connectivity index (χ4n) is 2.08. The van der Waals surface area contributed by atoms with E-state index in [9.17, 15) is 13.2 Å². The number of aromatic nitrogens is 5. The summed E-state index contributed by atoms with van der Waals surface area (Å²) in [4.78, 5) is 11.9. The molecule has 2 aromatic rings. The van der Waals surface area contributed by atoms with E-state index < -0.39 is 10.0 Å². The van der Waals surface area contributed by atoms with E-state index in [0.717, 1.165) is 23.2 Å². The molecular weight excluding hydrogens is 322 g/mol. The van der Waals surface area contributed by atoms with Crippen molar-refractivity contribution in [1.82, 2.24) is 30.1 Å². The summed E-state index contributed by atoms with van der Waals surface area (Å²) in [6, 6.07) is 0. The Labute approximate surface area is 133 Å². The Morgan fingerprint density at radius 1 is 1.35 bits per heavy atom. The van der Waals surface area contributed by atoms with Crippen molar-refractivity contribution in [2.24, 2.45) is 7.05 Å². The average molecular weight is 341 g/mol. The molecular formula is C12H19N7O3S. The van der Waals surface area contributed by atoms with Crippen LogP contribution in [0.4, 0.5) is 5.82 Å². The summed E-state index contributed by atoms with van der Waals surface area (Å²) >= 11 is 0. The number of aryl methyl sites for hydroxylation is 2. The number of hydrogen-bond donors (Lipinski definition) is 2. The number of sulfonamides is 1. The summed E-state index contributed by atoms with van der Waals surface area (Å²) in [6.07, 6.45) is 2.36. The van der Waals surface area contributed by atoms with E-state index >= 15 is 0 Å². The highest BCUT2D eigenvalue weighted by molar-refractivity contribution is 7.92. The molecule has 2 heterocycles. The Hall–Kier alpha value is -2.43. The topological polar surface area (TPSA) is 124 Å². The first-order valence-electron chi connectivity index (χ1n) is 6.79. The second-order valence-corrected chi connectivity index (χ2v) is 6.97. The van der Waals surface area contributed by atoms with E-state index in [4.69, 9.17) is 0 Å². The largest absolute Gasteiger partial charge is 0.350 e. The molecule has 126 valence electrons. The zero-order valence-corrected chi connectivity index (χ0v) is 14.2. The highest BCUT2D eigenvalue weighted by Crippen LogP contribution is 2.11. The smallest absolute Gasteiger partial charge is 0.242 e. The zero-order valence-electron chi connectivity index (χ0n) is 13.4. The van der Waals surface area contributed by atoms with Gasteiger partial charge in [0.2, 0.25) is 15.9 Å². The van der Waals surface area contributed by atoms with Crippen LogP contribution >= 0.6 is 0 Å². The van der Waals surface area contributed by atoms with Gasteiger partial charge >= 0.3 is 0 Å². The average Bonchev–Trinajstić information content (AvgIpc) is 2.92. The molecule has 1 amide bonds. The molecule has 2 rings (SSSR count). The molecule has 0 bridgehead atoms. The van der Waals surface area contributed by atoms with Gasteiger partial charge in [0, 0.05) is 24.8 Å². The van der Waals surface area contributed by atoms with Gasteiger partial charge in [-0.25, -0.2) is 13.1 Å². The minimum absolute atomic E-state index is 0.0587. The van der Waals surface area contributed by atoms with Gasteiger partial charge in [0.15, 0.2) is 5.82 Å². The van der Waals surface area contributed by atoms with Gasteiger partial charge in [0.1, 0.15) is 6.54 Å². The Morgan fingerprint density at radius 2 is 2.04 bits per heavy atom. The van der Waals surface area contributed by atoms with Gasteiger partial charge in [0.05, 0.1) is 18.1 Å². The quantitative estimate of drug-likeness (QED) is 0.717. The lowest BCUT2D eigenvalue weighted by molar-refractivity contribution is -0.122. The second-order valence-electron chi connectivity index (χ2n) is 5.23. The van der Waals surface area contributed by atoms with Crippen LogP contribution in [-0.2, 0) is 35.0 Å². The summed E-state index contributed by atoms with van der Waals surface area (Å²) in [7, 11) is -1.57. The molecule has 0 spiro atoms. The SMILES string of the molecule is Cc1nn(C)c(C)c1CNC(=O)Cn1cc(NS(C)(=O)=O)nn1. The normalized spacial score (nSPS) is 11.5. The van der Waals surface area contributed by atoms with Gasteiger partial charge in [-0.15, -0.1) is 5.10 Å². The molecule has 2 N–H and O–H groups in total. The van der Waals surface area contributed by atoms with Crippen LogP contribution in [0.3, 0.4) is 0 Å². The summed E-state index contributed by atoms with van der Waals surface area (Å²) in [5.74, 6) is -0.192. The van der Waals surface area contributed by atoms with Crippen LogP contribution in [0.1, 0.15) is 17.0 Å². The number of carbonyl (C=O) groups excluding carboxylic acids is 1. The summed E-state index contributed by atoms with van der Waals surface area (Å²) in [6.45, 7) is 4.13. The number of carbonyl (C=O) groups is 1. The molecule has 0 aliphatic heterocycles. The van der Waals surface area contributed by atoms with E-state index in [0.29, 0.717) is 6.54 Å². The number of hydrogen-bond acceptors (Lipinski definition) is 6. The third-order valence-corrected chi connectivity index (χ3v) is 3.84. The molecule has 10 nitrogen and oxygen atoms in total. The van der Waals surface area contributed by atoms with Crippen molar-refractivity contribution in [3.05, 3.63) is 23.1 Å². The summed E-state index contributed by atoms with van der Waals surface area (Å²) in [5.41, 5.74) is 2.83.